The molecule has 0 saturated heterocycles. The molecule has 5 heteroatoms. The fourth-order valence-electron chi connectivity index (χ4n) is 2.16. The van der Waals surface area contributed by atoms with Gasteiger partial charge in [0.1, 0.15) is 17.1 Å². The summed E-state index contributed by atoms with van der Waals surface area (Å²) in [7, 11) is 3.57. The zero-order valence-corrected chi connectivity index (χ0v) is 10.8. The van der Waals surface area contributed by atoms with Gasteiger partial charge < -0.3 is 15.0 Å². The van der Waals surface area contributed by atoms with Crippen LogP contribution in [-0.2, 0) is 7.05 Å². The van der Waals surface area contributed by atoms with E-state index in [-0.39, 0.29) is 0 Å². The Balaban J connectivity index is 2.30. The minimum atomic E-state index is 0.677. The Bertz CT molecular complexity index is 748. The molecule has 0 fully saturated rings. The second kappa shape index (κ2) is 4.28. The van der Waals surface area contributed by atoms with Gasteiger partial charge in [-0.1, -0.05) is 0 Å². The first-order valence-corrected chi connectivity index (χ1v) is 5.92. The number of benzene rings is 1. The first kappa shape index (κ1) is 11.5. The van der Waals surface area contributed by atoms with Crippen molar-refractivity contribution >= 4 is 16.9 Å². The number of hydrogen-bond donors (Lipinski definition) is 1. The van der Waals surface area contributed by atoms with Crippen LogP contribution in [-0.4, -0.2) is 21.6 Å². The molecule has 2 aromatic heterocycles. The van der Waals surface area contributed by atoms with Crippen LogP contribution in [0, 0.1) is 0 Å². The van der Waals surface area contributed by atoms with Crippen LogP contribution in [0.4, 0.5) is 5.69 Å². The summed E-state index contributed by atoms with van der Waals surface area (Å²) in [5, 5.41) is 0. The molecule has 3 aromatic rings. The summed E-state index contributed by atoms with van der Waals surface area (Å²) >= 11 is 0. The summed E-state index contributed by atoms with van der Waals surface area (Å²) in [5.41, 5.74) is 9.08. The molecule has 0 aliphatic carbocycles. The van der Waals surface area contributed by atoms with E-state index in [4.69, 9.17) is 10.5 Å². The quantitative estimate of drug-likeness (QED) is 0.712. The molecule has 2 heterocycles. The van der Waals surface area contributed by atoms with E-state index in [1.807, 2.05) is 41.9 Å². The van der Waals surface area contributed by atoms with E-state index < -0.39 is 0 Å². The van der Waals surface area contributed by atoms with E-state index >= 15 is 0 Å². The monoisotopic (exact) mass is 254 g/mol. The van der Waals surface area contributed by atoms with Gasteiger partial charge in [-0.25, -0.2) is 9.97 Å². The first-order valence-electron chi connectivity index (χ1n) is 5.92. The molecule has 3 rings (SSSR count). The number of aryl methyl sites for hydroxylation is 1. The third kappa shape index (κ3) is 1.79. The summed E-state index contributed by atoms with van der Waals surface area (Å²) in [6.07, 6.45) is 1.75. The number of pyridine rings is 1. The Kier molecular flexibility index (Phi) is 2.59. The predicted molar refractivity (Wildman–Crippen MR) is 74.9 cm³/mol. The molecule has 0 radical (unpaired) electrons. The maximum Gasteiger partial charge on any atom is 0.160 e. The average Bonchev–Trinajstić information content (AvgIpc) is 2.76. The number of aromatic nitrogens is 3. The molecule has 2 N–H and O–H groups in total. The normalized spacial score (nSPS) is 10.8. The molecule has 0 aliphatic heterocycles. The van der Waals surface area contributed by atoms with Crippen molar-refractivity contribution in [3.8, 4) is 17.1 Å². The minimum absolute atomic E-state index is 0.677. The number of nitrogen functional groups attached to an aromatic ring is 1. The smallest absolute Gasteiger partial charge is 0.160 e. The lowest BCUT2D eigenvalue weighted by atomic mass is 10.1. The Labute approximate surface area is 110 Å². The summed E-state index contributed by atoms with van der Waals surface area (Å²) in [6, 6.07) is 9.32. The molecule has 1 aromatic carbocycles. The fraction of sp³-hybridized carbons (Fsp3) is 0.143. The molecular weight excluding hydrogens is 240 g/mol. The van der Waals surface area contributed by atoms with Crippen LogP contribution < -0.4 is 10.5 Å². The van der Waals surface area contributed by atoms with Crippen molar-refractivity contribution in [2.24, 2.45) is 7.05 Å². The number of fused-ring (bicyclic) bond motifs is 1. The number of anilines is 1. The zero-order chi connectivity index (χ0) is 13.4. The molecule has 0 amide bonds. The topological polar surface area (TPSA) is 66.0 Å². The lowest BCUT2D eigenvalue weighted by Crippen LogP contribution is -1.97. The molecule has 0 atom stereocenters. The standard InChI is InChI=1S/C14H14N4O/c1-18-13(17-11-4-3-7-16-14(11)18)10-8-9(15)5-6-12(10)19-2/h3-8H,15H2,1-2H3. The molecular formula is C14H14N4O. The Morgan fingerprint density at radius 2 is 2.11 bits per heavy atom. The molecule has 0 unspecified atom stereocenters. The predicted octanol–water partition coefficient (Wildman–Crippen LogP) is 2.23. The molecule has 0 saturated carbocycles. The number of nitrogens with two attached hydrogens (primary N) is 1. The highest BCUT2D eigenvalue weighted by Crippen LogP contribution is 2.32. The molecule has 19 heavy (non-hydrogen) atoms. The van der Waals surface area contributed by atoms with E-state index in [1.165, 1.54) is 0 Å². The highest BCUT2D eigenvalue weighted by atomic mass is 16.5. The minimum Gasteiger partial charge on any atom is -0.496 e. The van der Waals surface area contributed by atoms with Crippen LogP contribution in [0.2, 0.25) is 0 Å². The van der Waals surface area contributed by atoms with E-state index in [0.29, 0.717) is 5.69 Å². The van der Waals surface area contributed by atoms with Crippen molar-refractivity contribution < 1.29 is 4.74 Å². The number of hydrogen-bond acceptors (Lipinski definition) is 4. The molecule has 96 valence electrons. The average molecular weight is 254 g/mol. The molecule has 0 bridgehead atoms. The van der Waals surface area contributed by atoms with Gasteiger partial charge in [-0.2, -0.15) is 0 Å². The van der Waals surface area contributed by atoms with E-state index in [0.717, 1.165) is 28.3 Å². The van der Waals surface area contributed by atoms with Crippen molar-refractivity contribution in [1.82, 2.24) is 14.5 Å². The van der Waals surface area contributed by atoms with Crippen LogP contribution >= 0.6 is 0 Å². The number of rotatable bonds is 2. The van der Waals surface area contributed by atoms with Gasteiger partial charge in [-0.05, 0) is 30.3 Å². The number of ether oxygens (including phenoxy) is 1. The Hall–Kier alpha value is -2.56. The fourth-order valence-corrected chi connectivity index (χ4v) is 2.16. The summed E-state index contributed by atoms with van der Waals surface area (Å²) in [4.78, 5) is 8.93. The van der Waals surface area contributed by atoms with Crippen LogP contribution in [0.25, 0.3) is 22.6 Å². The van der Waals surface area contributed by atoms with Gasteiger partial charge in [0.15, 0.2) is 5.65 Å². The van der Waals surface area contributed by atoms with Crippen molar-refractivity contribution in [2.45, 2.75) is 0 Å². The van der Waals surface area contributed by atoms with Crippen molar-refractivity contribution in [1.29, 1.82) is 0 Å². The number of methoxy groups -OCH3 is 1. The van der Waals surface area contributed by atoms with Gasteiger partial charge in [0.05, 0.1) is 12.7 Å². The second-order valence-electron chi connectivity index (χ2n) is 4.30. The van der Waals surface area contributed by atoms with Crippen molar-refractivity contribution in [2.75, 3.05) is 12.8 Å². The van der Waals surface area contributed by atoms with Crippen LogP contribution in [0.1, 0.15) is 0 Å². The van der Waals surface area contributed by atoms with Gasteiger partial charge in [-0.3, -0.25) is 0 Å². The maximum atomic E-state index is 5.86. The van der Waals surface area contributed by atoms with Gasteiger partial charge >= 0.3 is 0 Å². The summed E-state index contributed by atoms with van der Waals surface area (Å²) < 4.78 is 7.31. The molecule has 5 nitrogen and oxygen atoms in total. The van der Waals surface area contributed by atoms with Crippen LogP contribution in [0.5, 0.6) is 5.75 Å². The highest BCUT2D eigenvalue weighted by molar-refractivity contribution is 5.79. The SMILES string of the molecule is COc1ccc(N)cc1-c1nc2cccnc2n1C. The maximum absolute atomic E-state index is 5.86. The third-order valence-corrected chi connectivity index (χ3v) is 3.09. The van der Waals surface area contributed by atoms with Crippen molar-refractivity contribution in [3.63, 3.8) is 0 Å². The number of nitrogens with zero attached hydrogens (tertiary/aromatic N) is 3. The molecule has 0 aliphatic rings. The van der Waals surface area contributed by atoms with Crippen LogP contribution in [0.3, 0.4) is 0 Å². The van der Waals surface area contributed by atoms with Gasteiger partial charge in [0.2, 0.25) is 0 Å². The van der Waals surface area contributed by atoms with E-state index in [1.54, 1.807) is 13.3 Å². The second-order valence-corrected chi connectivity index (χ2v) is 4.30. The third-order valence-electron chi connectivity index (χ3n) is 3.09. The van der Waals surface area contributed by atoms with Crippen molar-refractivity contribution in [3.05, 3.63) is 36.5 Å². The lowest BCUT2D eigenvalue weighted by Gasteiger charge is -2.09. The molecule has 0 spiro atoms. The zero-order valence-electron chi connectivity index (χ0n) is 10.8. The Morgan fingerprint density at radius 3 is 2.84 bits per heavy atom. The van der Waals surface area contributed by atoms with Gasteiger partial charge in [0, 0.05) is 18.9 Å². The van der Waals surface area contributed by atoms with Gasteiger partial charge in [0.25, 0.3) is 0 Å². The Morgan fingerprint density at radius 1 is 1.26 bits per heavy atom. The van der Waals surface area contributed by atoms with Crippen LogP contribution in [0.15, 0.2) is 36.5 Å². The van der Waals surface area contributed by atoms with E-state index in [9.17, 15) is 0 Å². The lowest BCUT2D eigenvalue weighted by molar-refractivity contribution is 0.416. The highest BCUT2D eigenvalue weighted by Gasteiger charge is 2.14. The largest absolute Gasteiger partial charge is 0.496 e. The summed E-state index contributed by atoms with van der Waals surface area (Å²) in [6.45, 7) is 0. The first-order chi connectivity index (χ1) is 9.20. The van der Waals surface area contributed by atoms with E-state index in [2.05, 4.69) is 9.97 Å². The number of imidazole rings is 1. The summed E-state index contributed by atoms with van der Waals surface area (Å²) in [5.74, 6) is 1.53. The van der Waals surface area contributed by atoms with Gasteiger partial charge in [-0.15, -0.1) is 0 Å².